The van der Waals surface area contributed by atoms with Crippen LogP contribution in [-0.4, -0.2) is 16.3 Å². The second-order valence-corrected chi connectivity index (χ2v) is 8.76. The Morgan fingerprint density at radius 3 is 2.70 bits per heavy atom. The Morgan fingerprint density at radius 2 is 1.89 bits per heavy atom. The van der Waals surface area contributed by atoms with E-state index in [4.69, 9.17) is 4.42 Å². The van der Waals surface area contributed by atoms with Gasteiger partial charge in [0.15, 0.2) is 5.58 Å². The summed E-state index contributed by atoms with van der Waals surface area (Å²) < 4.78 is 8.46. The molecule has 4 aromatic rings. The molecule has 0 atom stereocenters. The molecule has 1 N–H and O–H groups in total. The third-order valence-corrected chi connectivity index (χ3v) is 5.63. The van der Waals surface area contributed by atoms with Crippen LogP contribution in [0, 0.1) is 3.57 Å². The third-order valence-electron chi connectivity index (χ3n) is 3.85. The first-order valence-electron chi connectivity index (χ1n) is 7.88. The van der Waals surface area contributed by atoms with Gasteiger partial charge in [0, 0.05) is 26.3 Å². The van der Waals surface area contributed by atoms with Crippen molar-refractivity contribution in [2.24, 2.45) is 4.99 Å². The molecular formula is C20H11Br2IN2O2. The van der Waals surface area contributed by atoms with Crippen molar-refractivity contribution in [2.45, 2.75) is 0 Å². The van der Waals surface area contributed by atoms with E-state index in [0.29, 0.717) is 17.0 Å². The maximum atomic E-state index is 10.2. The lowest BCUT2D eigenvalue weighted by atomic mass is 10.2. The summed E-state index contributed by atoms with van der Waals surface area (Å²) in [6.45, 7) is 0. The number of nitrogens with zero attached hydrogens (tertiary/aromatic N) is 2. The summed E-state index contributed by atoms with van der Waals surface area (Å²) in [4.78, 5) is 9.03. The number of phenolic OH excluding ortho intramolecular Hbond substituents is 1. The smallest absolute Gasteiger partial charge is 0.227 e. The molecule has 4 nitrogen and oxygen atoms in total. The molecule has 0 aliphatic carbocycles. The maximum absolute atomic E-state index is 10.2. The van der Waals surface area contributed by atoms with E-state index < -0.39 is 0 Å². The number of phenols is 1. The fourth-order valence-electron chi connectivity index (χ4n) is 2.57. The summed E-state index contributed by atoms with van der Waals surface area (Å²) in [5, 5.41) is 10.2. The molecule has 4 rings (SSSR count). The summed E-state index contributed by atoms with van der Waals surface area (Å²) >= 11 is 8.98. The quantitative estimate of drug-likeness (QED) is 0.203. The Bertz CT molecular complexity index is 1190. The summed E-state index contributed by atoms with van der Waals surface area (Å²) in [5.41, 5.74) is 3.70. The molecule has 0 aliphatic rings. The van der Waals surface area contributed by atoms with Gasteiger partial charge in [-0.15, -0.1) is 0 Å². The zero-order valence-corrected chi connectivity index (χ0v) is 19.0. The molecule has 7 heteroatoms. The van der Waals surface area contributed by atoms with E-state index in [9.17, 15) is 5.11 Å². The van der Waals surface area contributed by atoms with Crippen LogP contribution in [0.5, 0.6) is 5.75 Å². The first-order chi connectivity index (χ1) is 13.0. The van der Waals surface area contributed by atoms with E-state index >= 15 is 0 Å². The number of rotatable bonds is 3. The lowest BCUT2D eigenvalue weighted by Crippen LogP contribution is -1.86. The Morgan fingerprint density at radius 1 is 1.04 bits per heavy atom. The van der Waals surface area contributed by atoms with E-state index in [1.54, 1.807) is 6.21 Å². The Hall–Kier alpha value is -1.71. The van der Waals surface area contributed by atoms with Gasteiger partial charge in [0.2, 0.25) is 5.89 Å². The van der Waals surface area contributed by atoms with Crippen LogP contribution in [0.4, 0.5) is 5.69 Å². The van der Waals surface area contributed by atoms with Crippen LogP contribution < -0.4 is 0 Å². The highest BCUT2D eigenvalue weighted by molar-refractivity contribution is 14.1. The number of aromatic nitrogens is 1. The monoisotopic (exact) mass is 596 g/mol. The van der Waals surface area contributed by atoms with Crippen LogP contribution in [0.1, 0.15) is 5.56 Å². The molecular weight excluding hydrogens is 587 g/mol. The molecule has 0 unspecified atom stereocenters. The molecule has 0 radical (unpaired) electrons. The highest BCUT2D eigenvalue weighted by atomic mass is 127. The molecule has 0 aliphatic heterocycles. The van der Waals surface area contributed by atoms with Crippen LogP contribution in [0.15, 0.2) is 73.0 Å². The van der Waals surface area contributed by atoms with Gasteiger partial charge in [-0.3, -0.25) is 4.99 Å². The fraction of sp³-hybridized carbons (Fsp3) is 0. The minimum absolute atomic E-state index is 0.210. The molecule has 0 saturated heterocycles. The second-order valence-electron chi connectivity index (χ2n) is 5.77. The van der Waals surface area contributed by atoms with Crippen LogP contribution in [0.2, 0.25) is 0 Å². The van der Waals surface area contributed by atoms with Crippen LogP contribution in [0.3, 0.4) is 0 Å². The van der Waals surface area contributed by atoms with Crippen molar-refractivity contribution in [1.29, 1.82) is 0 Å². The molecule has 0 spiro atoms. The Labute approximate surface area is 185 Å². The summed E-state index contributed by atoms with van der Waals surface area (Å²) in [7, 11) is 0. The molecule has 1 heterocycles. The average Bonchev–Trinajstić information content (AvgIpc) is 3.07. The van der Waals surface area contributed by atoms with Gasteiger partial charge in [0.05, 0.1) is 9.26 Å². The number of fused-ring (bicyclic) bond motifs is 1. The SMILES string of the molecule is Oc1c(I)cc(Br)cc1C=Nc1ccc2oc(-c3cccc(Br)c3)nc2c1. The maximum Gasteiger partial charge on any atom is 0.227 e. The number of halogens is 3. The zero-order valence-electron chi connectivity index (χ0n) is 13.7. The third kappa shape index (κ3) is 4.09. The van der Waals surface area contributed by atoms with Gasteiger partial charge in [-0.25, -0.2) is 4.98 Å². The Balaban J connectivity index is 1.68. The van der Waals surface area contributed by atoms with Crippen molar-refractivity contribution in [1.82, 2.24) is 4.98 Å². The molecule has 27 heavy (non-hydrogen) atoms. The number of hydrogen-bond acceptors (Lipinski definition) is 4. The molecule has 0 saturated carbocycles. The molecule has 1 aromatic heterocycles. The van der Waals surface area contributed by atoms with Crippen molar-refractivity contribution in [3.05, 3.63) is 72.7 Å². The van der Waals surface area contributed by atoms with Gasteiger partial charge in [-0.05, 0) is 71.1 Å². The Kier molecular flexibility index (Phi) is 5.34. The van der Waals surface area contributed by atoms with Gasteiger partial charge in [-0.2, -0.15) is 0 Å². The lowest BCUT2D eigenvalue weighted by Gasteiger charge is -2.02. The predicted octanol–water partition coefficient (Wildman–Crippen LogP) is 7.08. The summed E-state index contributed by atoms with van der Waals surface area (Å²) in [5.74, 6) is 0.772. The molecule has 0 fully saturated rings. The van der Waals surface area contributed by atoms with Crippen molar-refractivity contribution in [3.63, 3.8) is 0 Å². The molecule has 0 amide bonds. The van der Waals surface area contributed by atoms with Crippen LogP contribution in [0.25, 0.3) is 22.6 Å². The van der Waals surface area contributed by atoms with Crippen molar-refractivity contribution in [2.75, 3.05) is 0 Å². The van der Waals surface area contributed by atoms with E-state index in [-0.39, 0.29) is 5.75 Å². The molecule has 3 aromatic carbocycles. The fourth-order valence-corrected chi connectivity index (χ4v) is 4.52. The van der Waals surface area contributed by atoms with Gasteiger partial charge < -0.3 is 9.52 Å². The van der Waals surface area contributed by atoms with E-state index in [1.807, 2.05) is 54.6 Å². The highest BCUT2D eigenvalue weighted by Gasteiger charge is 2.09. The largest absolute Gasteiger partial charge is 0.506 e. The first-order valence-corrected chi connectivity index (χ1v) is 10.5. The van der Waals surface area contributed by atoms with Gasteiger partial charge in [0.25, 0.3) is 0 Å². The predicted molar refractivity (Wildman–Crippen MR) is 123 cm³/mol. The van der Waals surface area contributed by atoms with E-state index in [0.717, 1.165) is 29.3 Å². The minimum Gasteiger partial charge on any atom is -0.506 e. The number of aliphatic imine (C=N–C) groups is 1. The van der Waals surface area contributed by atoms with Crippen molar-refractivity contribution < 1.29 is 9.52 Å². The van der Waals surface area contributed by atoms with E-state index in [1.165, 1.54) is 0 Å². The summed E-state index contributed by atoms with van der Waals surface area (Å²) in [6, 6.07) is 17.0. The van der Waals surface area contributed by atoms with Gasteiger partial charge in [-0.1, -0.05) is 37.9 Å². The number of oxazole rings is 1. The summed E-state index contributed by atoms with van der Waals surface area (Å²) in [6.07, 6.45) is 1.64. The van der Waals surface area contributed by atoms with Crippen LogP contribution >= 0.6 is 54.5 Å². The zero-order chi connectivity index (χ0) is 19.0. The average molecular weight is 598 g/mol. The van der Waals surface area contributed by atoms with Crippen LogP contribution in [-0.2, 0) is 0 Å². The highest BCUT2D eigenvalue weighted by Crippen LogP contribution is 2.30. The van der Waals surface area contributed by atoms with E-state index in [2.05, 4.69) is 64.4 Å². The van der Waals surface area contributed by atoms with Gasteiger partial charge in [0.1, 0.15) is 11.3 Å². The van der Waals surface area contributed by atoms with Crippen molar-refractivity contribution in [3.8, 4) is 17.2 Å². The normalized spacial score (nSPS) is 11.5. The second kappa shape index (κ2) is 7.73. The number of benzene rings is 3. The van der Waals surface area contributed by atoms with Gasteiger partial charge >= 0.3 is 0 Å². The lowest BCUT2D eigenvalue weighted by molar-refractivity contribution is 0.470. The standard InChI is InChI=1S/C20H11Br2IN2O2/c21-13-3-1-2-11(6-13)20-25-17-9-15(4-5-18(17)27-20)24-10-12-7-14(22)8-16(23)19(12)26/h1-10,26H. The molecule has 0 bridgehead atoms. The topological polar surface area (TPSA) is 58.6 Å². The first kappa shape index (κ1) is 18.6. The number of hydrogen-bond donors (Lipinski definition) is 1. The minimum atomic E-state index is 0.210. The molecule has 134 valence electrons. The number of aromatic hydroxyl groups is 1. The van der Waals surface area contributed by atoms with Crippen molar-refractivity contribution >= 4 is 77.5 Å².